The molecule has 0 aliphatic carbocycles. The lowest BCUT2D eigenvalue weighted by molar-refractivity contribution is -0.137. The molecule has 5 heteroatoms. The number of rotatable bonds is 16. The molecule has 1 aromatic rings. The van der Waals surface area contributed by atoms with Gasteiger partial charge in [-0.3, -0.25) is 14.4 Å². The first-order valence-corrected chi connectivity index (χ1v) is 10.5. The second-order valence-electron chi connectivity index (χ2n) is 7.18. The van der Waals surface area contributed by atoms with Crippen LogP contribution in [-0.2, 0) is 32.0 Å². The molecule has 0 unspecified atom stereocenters. The summed E-state index contributed by atoms with van der Waals surface area (Å²) in [6, 6.07) is 8.55. The summed E-state index contributed by atoms with van der Waals surface area (Å²) in [6.07, 6.45) is 8.62. The van der Waals surface area contributed by atoms with E-state index in [2.05, 4.69) is 29.6 Å². The predicted molar refractivity (Wildman–Crippen MR) is 111 cm³/mol. The average molecular weight is 390 g/mol. The van der Waals surface area contributed by atoms with E-state index in [4.69, 9.17) is 4.74 Å². The number of carbonyl (C=O) groups excluding carboxylic acids is 3. The van der Waals surface area contributed by atoms with Crippen LogP contribution in [-0.4, -0.2) is 37.2 Å². The van der Waals surface area contributed by atoms with Crippen molar-refractivity contribution in [2.75, 3.05) is 19.8 Å². The second kappa shape index (κ2) is 15.0. The Hall–Kier alpha value is -2.01. The topological polar surface area (TPSA) is 72.5 Å². The lowest BCUT2D eigenvalue weighted by Gasteiger charge is -2.10. The fourth-order valence-electron chi connectivity index (χ4n) is 3.04. The van der Waals surface area contributed by atoms with E-state index in [1.165, 1.54) is 11.1 Å². The van der Waals surface area contributed by atoms with Gasteiger partial charge < -0.3 is 10.1 Å². The molecule has 0 radical (unpaired) electrons. The van der Waals surface area contributed by atoms with Crippen LogP contribution in [0.15, 0.2) is 24.3 Å². The summed E-state index contributed by atoms with van der Waals surface area (Å²) in [5, 5.41) is 2.69. The highest BCUT2D eigenvalue weighted by Crippen LogP contribution is 2.15. The Morgan fingerprint density at radius 2 is 1.50 bits per heavy atom. The smallest absolute Gasteiger partial charge is 0.287 e. The maximum atomic E-state index is 11.4. The van der Waals surface area contributed by atoms with E-state index >= 15 is 0 Å². The van der Waals surface area contributed by atoms with Crippen LogP contribution < -0.4 is 5.32 Å². The van der Waals surface area contributed by atoms with Gasteiger partial charge in [0.1, 0.15) is 6.61 Å². The van der Waals surface area contributed by atoms with E-state index in [9.17, 15) is 14.4 Å². The minimum atomic E-state index is -0.463. The molecule has 0 heterocycles. The highest BCUT2D eigenvalue weighted by atomic mass is 16.5. The molecule has 0 saturated heterocycles. The molecule has 5 nitrogen and oxygen atoms in total. The first kappa shape index (κ1) is 24.0. The van der Waals surface area contributed by atoms with Crippen LogP contribution in [0.3, 0.4) is 0 Å². The first-order valence-electron chi connectivity index (χ1n) is 10.5. The molecule has 156 valence electrons. The van der Waals surface area contributed by atoms with E-state index in [0.29, 0.717) is 13.2 Å². The van der Waals surface area contributed by atoms with Crippen molar-refractivity contribution in [3.8, 4) is 0 Å². The molecule has 0 fully saturated rings. The van der Waals surface area contributed by atoms with Gasteiger partial charge in [-0.2, -0.15) is 0 Å². The molecule has 1 N–H and O–H groups in total. The molecule has 0 aromatic heterocycles. The number of benzene rings is 1. The van der Waals surface area contributed by atoms with Crippen molar-refractivity contribution in [3.05, 3.63) is 35.4 Å². The lowest BCUT2D eigenvalue weighted by Crippen LogP contribution is -2.31. The maximum absolute atomic E-state index is 11.4. The molecular formula is C23H35NO4. The van der Waals surface area contributed by atoms with Crippen LogP contribution >= 0.6 is 0 Å². The normalized spacial score (nSPS) is 10.6. The molecule has 1 amide bonds. The van der Waals surface area contributed by atoms with Crippen molar-refractivity contribution in [2.45, 2.75) is 71.6 Å². The molecule has 0 aliphatic heterocycles. The third kappa shape index (κ3) is 11.0. The largest absolute Gasteiger partial charge is 0.374 e. The fraction of sp³-hybridized carbons (Fsp3) is 0.609. The SMILES string of the molecule is CCC(=O)C(=O)NCCCCc1ccccc1CCCCCCOCC(C)=O. The maximum Gasteiger partial charge on any atom is 0.287 e. The number of Topliss-reactive ketones (excluding diaryl/α,β-unsaturated/α-hetero) is 2. The van der Waals surface area contributed by atoms with Crippen LogP contribution in [0.1, 0.15) is 69.9 Å². The molecule has 1 aromatic carbocycles. The standard InChI is InChI=1S/C23H35NO4/c1-3-22(26)23(27)24-16-10-9-15-21-14-8-7-13-20(21)12-6-4-5-11-17-28-18-19(2)25/h7-8,13-14H,3-6,9-12,15-18H2,1-2H3,(H,24,27). The zero-order chi connectivity index (χ0) is 20.6. The highest BCUT2D eigenvalue weighted by molar-refractivity contribution is 6.36. The predicted octanol–water partition coefficient (Wildman–Crippen LogP) is 3.81. The number of ether oxygens (including phenoxy) is 1. The Balaban J connectivity index is 2.19. The van der Waals surface area contributed by atoms with E-state index < -0.39 is 5.91 Å². The van der Waals surface area contributed by atoms with Gasteiger partial charge in [-0.1, -0.05) is 44.0 Å². The zero-order valence-corrected chi connectivity index (χ0v) is 17.4. The van der Waals surface area contributed by atoms with Crippen LogP contribution in [0.2, 0.25) is 0 Å². The number of carbonyl (C=O) groups is 3. The van der Waals surface area contributed by atoms with Crippen LogP contribution in [0.4, 0.5) is 0 Å². The molecule has 28 heavy (non-hydrogen) atoms. The summed E-state index contributed by atoms with van der Waals surface area (Å²) in [5.41, 5.74) is 2.78. The van der Waals surface area contributed by atoms with Crippen molar-refractivity contribution in [1.82, 2.24) is 5.32 Å². The molecule has 0 saturated carbocycles. The number of ketones is 2. The summed E-state index contributed by atoms with van der Waals surface area (Å²) in [5.74, 6) is -0.737. The van der Waals surface area contributed by atoms with Crippen molar-refractivity contribution >= 4 is 17.5 Å². The van der Waals surface area contributed by atoms with E-state index in [1.54, 1.807) is 13.8 Å². The molecule has 1 rings (SSSR count). The van der Waals surface area contributed by atoms with Crippen LogP contribution in [0.5, 0.6) is 0 Å². The Kier molecular flexibility index (Phi) is 12.9. The second-order valence-corrected chi connectivity index (χ2v) is 7.18. The van der Waals surface area contributed by atoms with Crippen molar-refractivity contribution < 1.29 is 19.1 Å². The molecule has 0 atom stereocenters. The number of aryl methyl sites for hydroxylation is 2. The molecule has 0 aliphatic rings. The average Bonchev–Trinajstić information content (AvgIpc) is 2.69. The van der Waals surface area contributed by atoms with Gasteiger partial charge in [-0.15, -0.1) is 0 Å². The lowest BCUT2D eigenvalue weighted by atomic mass is 9.97. The minimum Gasteiger partial charge on any atom is -0.374 e. The first-order chi connectivity index (χ1) is 13.5. The number of amides is 1. The van der Waals surface area contributed by atoms with Gasteiger partial charge in [0.05, 0.1) is 0 Å². The summed E-state index contributed by atoms with van der Waals surface area (Å²) in [7, 11) is 0. The number of hydrogen-bond acceptors (Lipinski definition) is 4. The van der Waals surface area contributed by atoms with Crippen molar-refractivity contribution in [1.29, 1.82) is 0 Å². The molecule has 0 bridgehead atoms. The van der Waals surface area contributed by atoms with Crippen LogP contribution in [0, 0.1) is 0 Å². The van der Waals surface area contributed by atoms with Crippen molar-refractivity contribution in [3.63, 3.8) is 0 Å². The Labute approximate surface area is 169 Å². The summed E-state index contributed by atoms with van der Waals surface area (Å²) in [4.78, 5) is 33.5. The van der Waals surface area contributed by atoms with Gasteiger partial charge in [-0.05, 0) is 56.6 Å². The Morgan fingerprint density at radius 3 is 2.11 bits per heavy atom. The number of unbranched alkanes of at least 4 members (excludes halogenated alkanes) is 4. The van der Waals surface area contributed by atoms with E-state index in [1.807, 2.05) is 0 Å². The number of hydrogen-bond donors (Lipinski definition) is 1. The van der Waals surface area contributed by atoms with Gasteiger partial charge in [-0.25, -0.2) is 0 Å². The zero-order valence-electron chi connectivity index (χ0n) is 17.4. The number of nitrogens with one attached hydrogen (secondary N) is 1. The molecular weight excluding hydrogens is 354 g/mol. The minimum absolute atomic E-state index is 0.0773. The quantitative estimate of drug-likeness (QED) is 0.345. The Bertz CT molecular complexity index is 612. The third-order valence-electron chi connectivity index (χ3n) is 4.64. The summed E-state index contributed by atoms with van der Waals surface area (Å²) < 4.78 is 5.28. The Morgan fingerprint density at radius 1 is 0.893 bits per heavy atom. The van der Waals surface area contributed by atoms with Gasteiger partial charge in [0.2, 0.25) is 5.78 Å². The van der Waals surface area contributed by atoms with Crippen LogP contribution in [0.25, 0.3) is 0 Å². The highest BCUT2D eigenvalue weighted by Gasteiger charge is 2.09. The van der Waals surface area contributed by atoms with Gasteiger partial charge in [0, 0.05) is 19.6 Å². The van der Waals surface area contributed by atoms with E-state index in [-0.39, 0.29) is 24.6 Å². The van der Waals surface area contributed by atoms with E-state index in [0.717, 1.165) is 51.4 Å². The third-order valence-corrected chi connectivity index (χ3v) is 4.64. The molecule has 0 spiro atoms. The van der Waals surface area contributed by atoms with Gasteiger partial charge in [0.15, 0.2) is 5.78 Å². The fourth-order valence-corrected chi connectivity index (χ4v) is 3.04. The van der Waals surface area contributed by atoms with Crippen molar-refractivity contribution in [2.24, 2.45) is 0 Å². The van der Waals surface area contributed by atoms with Gasteiger partial charge >= 0.3 is 0 Å². The summed E-state index contributed by atoms with van der Waals surface area (Å²) in [6.45, 7) is 4.68. The monoisotopic (exact) mass is 389 g/mol. The van der Waals surface area contributed by atoms with Gasteiger partial charge in [0.25, 0.3) is 5.91 Å². The summed E-state index contributed by atoms with van der Waals surface area (Å²) >= 11 is 0.